The van der Waals surface area contributed by atoms with E-state index in [-0.39, 0.29) is 17.7 Å². The fraction of sp³-hybridized carbons (Fsp3) is 0.312. The predicted octanol–water partition coefficient (Wildman–Crippen LogP) is 5.22. The predicted molar refractivity (Wildman–Crippen MR) is 151 cm³/mol. The number of carbonyl (C=O) groups is 1. The van der Waals surface area contributed by atoms with Crippen molar-refractivity contribution in [3.63, 3.8) is 0 Å². The van der Waals surface area contributed by atoms with Gasteiger partial charge in [0.15, 0.2) is 17.6 Å². The van der Waals surface area contributed by atoms with Crippen molar-refractivity contribution in [1.82, 2.24) is 0 Å². The number of nitriles is 1. The highest BCUT2D eigenvalue weighted by Crippen LogP contribution is 2.47. The molecule has 0 aromatic heterocycles. The topological polar surface area (TPSA) is 77.8 Å². The average molecular weight is 538 g/mol. The molecule has 3 aromatic rings. The van der Waals surface area contributed by atoms with E-state index in [4.69, 9.17) is 18.6 Å². The lowest BCUT2D eigenvalue weighted by atomic mass is 9.79. The molecule has 0 radical (unpaired) electrons. The van der Waals surface area contributed by atoms with Gasteiger partial charge in [-0.15, -0.1) is 0 Å². The number of carbonyl (C=O) groups excluding carboxylic acids is 1. The zero-order valence-electron chi connectivity index (χ0n) is 22.3. The summed E-state index contributed by atoms with van der Waals surface area (Å²) in [6.07, 6.45) is 2.00. The van der Waals surface area contributed by atoms with Gasteiger partial charge < -0.3 is 18.6 Å². The Morgan fingerprint density at radius 2 is 1.54 bits per heavy atom. The van der Waals surface area contributed by atoms with Gasteiger partial charge in [0.2, 0.25) is 6.79 Å². The second-order valence-corrected chi connectivity index (χ2v) is 15.6. The second kappa shape index (κ2) is 9.71. The minimum Gasteiger partial charge on any atom is -0.454 e. The number of allylic oxidation sites excluding steroid dienone is 1. The number of esters is 1. The molecule has 0 N–H and O–H groups in total. The second-order valence-electron chi connectivity index (χ2n) is 11.4. The smallest absolute Gasteiger partial charge is 0.339 e. The van der Waals surface area contributed by atoms with E-state index in [1.807, 2.05) is 18.2 Å². The Morgan fingerprint density at radius 1 is 0.949 bits per heavy atom. The van der Waals surface area contributed by atoms with Crippen LogP contribution in [0.25, 0.3) is 5.57 Å². The van der Waals surface area contributed by atoms with Gasteiger partial charge in [-0.1, -0.05) is 87.5 Å². The summed E-state index contributed by atoms with van der Waals surface area (Å²) in [5, 5.41) is 11.7. The number of benzene rings is 3. The van der Waals surface area contributed by atoms with Gasteiger partial charge in [-0.25, -0.2) is 4.79 Å². The molecule has 0 saturated carbocycles. The number of nitrogens with zero attached hydrogens (tertiary/aromatic N) is 1. The van der Waals surface area contributed by atoms with E-state index in [9.17, 15) is 10.1 Å². The van der Waals surface area contributed by atoms with E-state index in [1.54, 1.807) is 6.07 Å². The van der Waals surface area contributed by atoms with Crippen LogP contribution in [0.3, 0.4) is 0 Å². The molecule has 3 atom stereocenters. The van der Waals surface area contributed by atoms with Gasteiger partial charge in [0, 0.05) is 6.42 Å². The van der Waals surface area contributed by atoms with Crippen LogP contribution in [0.1, 0.15) is 49.5 Å². The van der Waals surface area contributed by atoms with E-state index in [0.717, 1.165) is 21.5 Å². The standard InChI is InChI=1S/C32H31NO5Si/c1-32(2,3)39(22-10-6-4-7-11-22,23-12-8-5-9-13-23)38-29-17-21(14-15-33)16-25-24-18-27-28(36-20-35-27)19-26(24)31(34)37-30(25)29/h4-13,16,18-19,21,29-30H,14,17,20H2,1-3H3/t21-,29+,30-/m1/s1. The normalized spacial score (nSPS) is 21.7. The summed E-state index contributed by atoms with van der Waals surface area (Å²) >= 11 is 0. The molecule has 0 bridgehead atoms. The molecule has 0 spiro atoms. The zero-order chi connectivity index (χ0) is 27.2. The highest BCUT2D eigenvalue weighted by Gasteiger charge is 2.54. The molecule has 2 heterocycles. The summed E-state index contributed by atoms with van der Waals surface area (Å²) in [7, 11) is -2.94. The fourth-order valence-corrected chi connectivity index (χ4v) is 10.9. The van der Waals surface area contributed by atoms with Crippen LogP contribution in [0.2, 0.25) is 5.04 Å². The van der Waals surface area contributed by atoms with Gasteiger partial charge in [0.1, 0.15) is 0 Å². The third-order valence-electron chi connectivity index (χ3n) is 7.97. The summed E-state index contributed by atoms with van der Waals surface area (Å²) in [6, 6.07) is 26.8. The summed E-state index contributed by atoms with van der Waals surface area (Å²) in [6.45, 7) is 6.81. The molecule has 1 aliphatic carbocycles. The Labute approximate surface area is 229 Å². The molecule has 6 nitrogen and oxygen atoms in total. The van der Waals surface area contributed by atoms with E-state index in [2.05, 4.69) is 81.4 Å². The lowest BCUT2D eigenvalue weighted by molar-refractivity contribution is -0.00209. The monoisotopic (exact) mass is 537 g/mol. The molecule has 198 valence electrons. The Balaban J connectivity index is 1.50. The van der Waals surface area contributed by atoms with E-state index < -0.39 is 26.5 Å². The van der Waals surface area contributed by atoms with Crippen LogP contribution in [0, 0.1) is 17.2 Å². The zero-order valence-corrected chi connectivity index (χ0v) is 23.3. The van der Waals surface area contributed by atoms with Crippen molar-refractivity contribution in [1.29, 1.82) is 5.26 Å². The lowest BCUT2D eigenvalue weighted by Gasteiger charge is -2.48. The van der Waals surface area contributed by atoms with Crippen LogP contribution in [0.4, 0.5) is 0 Å². The van der Waals surface area contributed by atoms with Crippen molar-refractivity contribution in [2.75, 3.05) is 6.79 Å². The van der Waals surface area contributed by atoms with Crippen LogP contribution in [-0.4, -0.2) is 33.3 Å². The minimum atomic E-state index is -2.94. The van der Waals surface area contributed by atoms with Crippen LogP contribution in [-0.2, 0) is 9.16 Å². The van der Waals surface area contributed by atoms with Crippen molar-refractivity contribution in [3.8, 4) is 17.6 Å². The summed E-state index contributed by atoms with van der Waals surface area (Å²) in [4.78, 5) is 13.4. The summed E-state index contributed by atoms with van der Waals surface area (Å²) in [5.74, 6) is 0.698. The Kier molecular flexibility index (Phi) is 6.33. The summed E-state index contributed by atoms with van der Waals surface area (Å²) < 4.78 is 24.8. The number of hydrogen-bond acceptors (Lipinski definition) is 6. The van der Waals surface area contributed by atoms with Gasteiger partial charge in [-0.05, 0) is 51.0 Å². The van der Waals surface area contributed by atoms with Gasteiger partial charge in [0.25, 0.3) is 8.32 Å². The maximum atomic E-state index is 13.4. The molecule has 3 aliphatic rings. The molecule has 0 fully saturated rings. The van der Waals surface area contributed by atoms with Crippen LogP contribution < -0.4 is 19.8 Å². The van der Waals surface area contributed by atoms with Crippen molar-refractivity contribution >= 4 is 30.2 Å². The molecule has 3 aromatic carbocycles. The van der Waals surface area contributed by atoms with E-state index >= 15 is 0 Å². The van der Waals surface area contributed by atoms with E-state index in [1.165, 1.54) is 0 Å². The SMILES string of the molecule is CC(C)(C)[Si](O[C@H]1C[C@H](CC#N)C=C2c3cc4c(cc3C(=O)O[C@H]21)OCO4)(c1ccccc1)c1ccccc1. The maximum absolute atomic E-state index is 13.4. The van der Waals surface area contributed by atoms with Crippen molar-refractivity contribution in [2.24, 2.45) is 5.92 Å². The minimum absolute atomic E-state index is 0.0421. The maximum Gasteiger partial charge on any atom is 0.339 e. The highest BCUT2D eigenvalue weighted by atomic mass is 28.4. The van der Waals surface area contributed by atoms with Gasteiger partial charge in [-0.3, -0.25) is 0 Å². The lowest BCUT2D eigenvalue weighted by Crippen LogP contribution is -2.69. The molecule has 6 rings (SSSR count). The first kappa shape index (κ1) is 25.4. The molecule has 0 unspecified atom stereocenters. The highest BCUT2D eigenvalue weighted by molar-refractivity contribution is 6.99. The van der Waals surface area contributed by atoms with Gasteiger partial charge >= 0.3 is 5.97 Å². The molecular formula is C32H31NO5Si. The largest absolute Gasteiger partial charge is 0.454 e. The number of fused-ring (bicyclic) bond motifs is 4. The van der Waals surface area contributed by atoms with Crippen LogP contribution in [0.15, 0.2) is 78.9 Å². The molecule has 7 heteroatoms. The Hall–Kier alpha value is -3.86. The van der Waals surface area contributed by atoms with E-state index in [0.29, 0.717) is 29.9 Å². The number of ether oxygens (including phenoxy) is 3. The van der Waals surface area contributed by atoms with Gasteiger partial charge in [-0.2, -0.15) is 5.26 Å². The number of rotatable bonds is 5. The first-order chi connectivity index (χ1) is 18.8. The third kappa shape index (κ3) is 4.24. The quantitative estimate of drug-likeness (QED) is 0.328. The van der Waals surface area contributed by atoms with Crippen molar-refractivity contribution < 1.29 is 23.4 Å². The molecule has 2 aliphatic heterocycles. The Bertz CT molecular complexity index is 1430. The van der Waals surface area contributed by atoms with Crippen molar-refractivity contribution in [2.45, 2.75) is 50.9 Å². The van der Waals surface area contributed by atoms with Crippen LogP contribution in [0.5, 0.6) is 11.5 Å². The van der Waals surface area contributed by atoms with Crippen molar-refractivity contribution in [3.05, 3.63) is 90.0 Å². The average Bonchev–Trinajstić information content (AvgIpc) is 3.40. The van der Waals surface area contributed by atoms with Crippen LogP contribution >= 0.6 is 0 Å². The Morgan fingerprint density at radius 3 is 2.10 bits per heavy atom. The molecule has 0 saturated heterocycles. The fourth-order valence-electron chi connectivity index (χ4n) is 6.24. The molecule has 0 amide bonds. The first-order valence-electron chi connectivity index (χ1n) is 13.3. The number of hydrogen-bond donors (Lipinski definition) is 0. The molecule has 39 heavy (non-hydrogen) atoms. The van der Waals surface area contributed by atoms with Gasteiger partial charge in [0.05, 0.1) is 17.7 Å². The third-order valence-corrected chi connectivity index (χ3v) is 13.0. The summed E-state index contributed by atoms with van der Waals surface area (Å²) in [5.41, 5.74) is 2.08. The first-order valence-corrected chi connectivity index (χ1v) is 15.2. The molecular weight excluding hydrogens is 506 g/mol.